The van der Waals surface area contributed by atoms with Gasteiger partial charge < -0.3 is 4.74 Å². The molecule has 2 heterocycles. The van der Waals surface area contributed by atoms with E-state index in [1.54, 1.807) is 36.4 Å². The van der Waals surface area contributed by atoms with Gasteiger partial charge in [0.2, 0.25) is 0 Å². The zero-order chi connectivity index (χ0) is 16.6. The summed E-state index contributed by atoms with van der Waals surface area (Å²) in [5.41, 5.74) is -0.569. The summed E-state index contributed by atoms with van der Waals surface area (Å²) in [6.45, 7) is -1.74. The molecule has 0 bridgehead atoms. The van der Waals surface area contributed by atoms with Crippen molar-refractivity contribution in [1.82, 2.24) is 4.40 Å². The topological polar surface area (TPSA) is 47.8 Å². The first-order chi connectivity index (χ1) is 10.9. The van der Waals surface area contributed by atoms with Crippen LogP contribution in [0.5, 0.6) is 0 Å². The number of rotatable bonds is 2. The lowest BCUT2D eigenvalue weighted by molar-refractivity contribution is -0.161. The highest BCUT2D eigenvalue weighted by Crippen LogP contribution is 2.22. The number of ether oxygens (including phenoxy) is 1. The standard InChI is InChI=1S/C16H10F3NO3/c17-16(18,19)9-23-15(22)13-11-6-2-1-5-10(11)12-7-3-4-8-20(12)14(13)21/h1-8H,9H2. The minimum Gasteiger partial charge on any atom is -0.452 e. The van der Waals surface area contributed by atoms with Gasteiger partial charge in [-0.05, 0) is 12.1 Å². The molecule has 0 saturated carbocycles. The van der Waals surface area contributed by atoms with E-state index in [4.69, 9.17) is 0 Å². The fourth-order valence-electron chi connectivity index (χ4n) is 2.42. The number of nitrogens with zero attached hydrogens (tertiary/aromatic N) is 1. The zero-order valence-corrected chi connectivity index (χ0v) is 11.6. The first-order valence-electron chi connectivity index (χ1n) is 6.64. The van der Waals surface area contributed by atoms with Gasteiger partial charge in [0.25, 0.3) is 5.56 Å². The fraction of sp³-hybridized carbons (Fsp3) is 0.125. The Labute approximate surface area is 127 Å². The quantitative estimate of drug-likeness (QED) is 0.538. The summed E-state index contributed by atoms with van der Waals surface area (Å²) < 4.78 is 42.2. The number of benzene rings is 1. The van der Waals surface area contributed by atoms with Crippen molar-refractivity contribution in [3.05, 3.63) is 64.6 Å². The number of halogens is 3. The summed E-state index contributed by atoms with van der Waals surface area (Å²) in [5, 5.41) is 0.836. The highest BCUT2D eigenvalue weighted by atomic mass is 19.4. The van der Waals surface area contributed by atoms with Gasteiger partial charge in [-0.15, -0.1) is 0 Å². The number of pyridine rings is 2. The summed E-state index contributed by atoms with van der Waals surface area (Å²) in [6, 6.07) is 11.5. The molecule has 0 fully saturated rings. The minimum atomic E-state index is -4.65. The second kappa shape index (κ2) is 5.42. The number of hydrogen-bond donors (Lipinski definition) is 0. The molecule has 0 amide bonds. The summed E-state index contributed by atoms with van der Waals surface area (Å²) in [6.07, 6.45) is -3.21. The summed E-state index contributed by atoms with van der Waals surface area (Å²) in [4.78, 5) is 24.5. The van der Waals surface area contributed by atoms with Gasteiger partial charge in [0.05, 0.1) is 5.52 Å². The third-order valence-corrected chi connectivity index (χ3v) is 3.34. The number of fused-ring (bicyclic) bond motifs is 3. The number of carbonyl (C=O) groups is 1. The zero-order valence-electron chi connectivity index (χ0n) is 11.6. The van der Waals surface area contributed by atoms with Gasteiger partial charge in [-0.3, -0.25) is 9.20 Å². The molecule has 2 aromatic heterocycles. The van der Waals surface area contributed by atoms with Gasteiger partial charge in [0, 0.05) is 17.0 Å². The second-order valence-electron chi connectivity index (χ2n) is 4.87. The largest absolute Gasteiger partial charge is 0.452 e. The minimum absolute atomic E-state index is 0.260. The Morgan fingerprint density at radius 1 is 1.04 bits per heavy atom. The van der Waals surface area contributed by atoms with E-state index in [9.17, 15) is 22.8 Å². The highest BCUT2D eigenvalue weighted by molar-refractivity contribution is 6.08. The van der Waals surface area contributed by atoms with Crippen molar-refractivity contribution in [3.63, 3.8) is 0 Å². The molecule has 7 heteroatoms. The third kappa shape index (κ3) is 2.77. The van der Waals surface area contributed by atoms with Crippen LogP contribution in [0.3, 0.4) is 0 Å². The molecular formula is C16H10F3NO3. The lowest BCUT2D eigenvalue weighted by atomic mass is 10.1. The van der Waals surface area contributed by atoms with Crippen molar-refractivity contribution in [2.45, 2.75) is 6.18 Å². The normalized spacial score (nSPS) is 11.8. The number of aromatic nitrogens is 1. The van der Waals surface area contributed by atoms with Crippen LogP contribution in [0.4, 0.5) is 13.2 Å². The first-order valence-corrected chi connectivity index (χ1v) is 6.64. The maximum absolute atomic E-state index is 12.5. The lowest BCUT2D eigenvalue weighted by Crippen LogP contribution is -2.27. The Kier molecular flexibility index (Phi) is 3.55. The molecule has 0 aliphatic carbocycles. The molecule has 0 spiro atoms. The van der Waals surface area contributed by atoms with E-state index in [-0.39, 0.29) is 5.39 Å². The van der Waals surface area contributed by atoms with Crippen LogP contribution in [0.25, 0.3) is 16.3 Å². The van der Waals surface area contributed by atoms with E-state index in [2.05, 4.69) is 4.74 Å². The smallest absolute Gasteiger partial charge is 0.422 e. The molecule has 4 nitrogen and oxygen atoms in total. The third-order valence-electron chi connectivity index (χ3n) is 3.34. The van der Waals surface area contributed by atoms with Crippen molar-refractivity contribution < 1.29 is 22.7 Å². The maximum Gasteiger partial charge on any atom is 0.422 e. The van der Waals surface area contributed by atoms with E-state index < -0.39 is 29.9 Å². The van der Waals surface area contributed by atoms with Crippen molar-refractivity contribution in [3.8, 4) is 0 Å². The van der Waals surface area contributed by atoms with Crippen molar-refractivity contribution in [2.24, 2.45) is 0 Å². The van der Waals surface area contributed by atoms with Crippen LogP contribution in [0.1, 0.15) is 10.4 Å². The molecule has 3 rings (SSSR count). The average molecular weight is 321 g/mol. The maximum atomic E-state index is 12.5. The van der Waals surface area contributed by atoms with Crippen LogP contribution < -0.4 is 5.56 Å². The second-order valence-corrected chi connectivity index (χ2v) is 4.87. The molecule has 23 heavy (non-hydrogen) atoms. The van der Waals surface area contributed by atoms with Gasteiger partial charge in [0.1, 0.15) is 5.56 Å². The molecule has 118 valence electrons. The summed E-state index contributed by atoms with van der Waals surface area (Å²) in [5.74, 6) is -1.29. The molecule has 0 radical (unpaired) electrons. The van der Waals surface area contributed by atoms with E-state index in [1.807, 2.05) is 0 Å². The van der Waals surface area contributed by atoms with Crippen molar-refractivity contribution >= 4 is 22.3 Å². The van der Waals surface area contributed by atoms with E-state index in [0.29, 0.717) is 10.9 Å². The van der Waals surface area contributed by atoms with Crippen LogP contribution in [0.15, 0.2) is 53.5 Å². The van der Waals surface area contributed by atoms with Gasteiger partial charge in [0.15, 0.2) is 6.61 Å². The van der Waals surface area contributed by atoms with Crippen LogP contribution in [-0.4, -0.2) is 23.2 Å². The van der Waals surface area contributed by atoms with Gasteiger partial charge >= 0.3 is 12.1 Å². The van der Waals surface area contributed by atoms with Crippen LogP contribution >= 0.6 is 0 Å². The first kappa shape index (κ1) is 15.1. The predicted molar refractivity (Wildman–Crippen MR) is 77.5 cm³/mol. The van der Waals surface area contributed by atoms with Crippen molar-refractivity contribution in [2.75, 3.05) is 6.61 Å². The Bertz CT molecular complexity index is 960. The number of hydrogen-bond acceptors (Lipinski definition) is 3. The summed E-state index contributed by atoms with van der Waals surface area (Å²) >= 11 is 0. The van der Waals surface area contributed by atoms with Gasteiger partial charge in [-0.25, -0.2) is 4.79 Å². The highest BCUT2D eigenvalue weighted by Gasteiger charge is 2.31. The van der Waals surface area contributed by atoms with Crippen LogP contribution in [0, 0.1) is 0 Å². The monoisotopic (exact) mass is 321 g/mol. The number of alkyl halides is 3. The predicted octanol–water partition coefficient (Wildman–Crippen LogP) is 3.17. The SMILES string of the molecule is O=C(OCC(F)(F)F)c1c(=O)n2ccccc2c2ccccc12. The Morgan fingerprint density at radius 2 is 1.70 bits per heavy atom. The molecule has 0 aliphatic heterocycles. The van der Waals surface area contributed by atoms with E-state index >= 15 is 0 Å². The molecular weight excluding hydrogens is 311 g/mol. The Morgan fingerprint density at radius 3 is 2.39 bits per heavy atom. The lowest BCUT2D eigenvalue weighted by Gasteiger charge is -2.11. The van der Waals surface area contributed by atoms with Gasteiger partial charge in [-0.2, -0.15) is 13.2 Å². The molecule has 0 atom stereocenters. The average Bonchev–Trinajstić information content (AvgIpc) is 2.53. The molecule has 0 unspecified atom stereocenters. The van der Waals surface area contributed by atoms with E-state index in [0.717, 1.165) is 0 Å². The fourth-order valence-corrected chi connectivity index (χ4v) is 2.42. The number of carbonyl (C=O) groups excluding carboxylic acids is 1. The van der Waals surface area contributed by atoms with Crippen LogP contribution in [-0.2, 0) is 4.74 Å². The van der Waals surface area contributed by atoms with E-state index in [1.165, 1.54) is 16.7 Å². The summed E-state index contributed by atoms with van der Waals surface area (Å²) in [7, 11) is 0. The molecule has 3 aromatic rings. The molecule has 1 aromatic carbocycles. The molecule has 0 N–H and O–H groups in total. The van der Waals surface area contributed by atoms with Crippen LogP contribution in [0.2, 0.25) is 0 Å². The molecule has 0 saturated heterocycles. The van der Waals surface area contributed by atoms with Crippen molar-refractivity contribution in [1.29, 1.82) is 0 Å². The Hall–Kier alpha value is -2.83. The molecule has 0 aliphatic rings. The van der Waals surface area contributed by atoms with Gasteiger partial charge in [-0.1, -0.05) is 30.3 Å². The number of esters is 1. The Balaban J connectivity index is 2.24.